The maximum Gasteiger partial charge on any atom is 0.165 e. The second kappa shape index (κ2) is 7.84. The fourth-order valence-corrected chi connectivity index (χ4v) is 3.36. The van der Waals surface area contributed by atoms with Gasteiger partial charge in [0.2, 0.25) is 0 Å². The number of hydrogen-bond donors (Lipinski definition) is 1. The smallest absolute Gasteiger partial charge is 0.165 e. The Morgan fingerprint density at radius 3 is 2.77 bits per heavy atom. The summed E-state index contributed by atoms with van der Waals surface area (Å²) < 4.78 is 17.2. The Hall–Kier alpha value is -1.26. The van der Waals surface area contributed by atoms with E-state index in [9.17, 15) is 0 Å². The largest absolute Gasteiger partial charge is 0.493 e. The number of benzene rings is 1. The van der Waals surface area contributed by atoms with Crippen LogP contribution in [0.15, 0.2) is 18.2 Å². The van der Waals surface area contributed by atoms with Crippen LogP contribution in [0.5, 0.6) is 11.5 Å². The lowest BCUT2D eigenvalue weighted by molar-refractivity contribution is 0.0665. The van der Waals surface area contributed by atoms with Gasteiger partial charge in [-0.15, -0.1) is 0 Å². The Balaban J connectivity index is 1.64. The van der Waals surface area contributed by atoms with E-state index in [-0.39, 0.29) is 6.10 Å². The molecule has 1 aliphatic carbocycles. The Morgan fingerprint density at radius 2 is 2.05 bits per heavy atom. The molecule has 1 atom stereocenters. The van der Waals surface area contributed by atoms with Gasteiger partial charge in [-0.25, -0.2) is 0 Å². The average Bonchev–Trinajstić information content (AvgIpc) is 3.24. The van der Waals surface area contributed by atoms with Gasteiger partial charge in [-0.3, -0.25) is 0 Å². The van der Waals surface area contributed by atoms with Crippen molar-refractivity contribution in [1.82, 2.24) is 5.32 Å². The molecule has 0 amide bonds. The van der Waals surface area contributed by atoms with Crippen LogP contribution in [-0.2, 0) is 11.3 Å². The zero-order chi connectivity index (χ0) is 15.2. The summed E-state index contributed by atoms with van der Waals surface area (Å²) in [5.41, 5.74) is 1.17. The molecular weight excluding hydrogens is 278 g/mol. The van der Waals surface area contributed by atoms with Crippen molar-refractivity contribution in [3.63, 3.8) is 0 Å². The van der Waals surface area contributed by atoms with E-state index in [4.69, 9.17) is 14.2 Å². The number of nitrogens with one attached hydrogen (secondary N) is 1. The second-order valence-corrected chi connectivity index (χ2v) is 6.26. The molecule has 1 saturated carbocycles. The molecule has 1 heterocycles. The minimum atomic E-state index is 0.223. The topological polar surface area (TPSA) is 39.7 Å². The lowest BCUT2D eigenvalue weighted by atomic mass is 10.1. The van der Waals surface area contributed by atoms with Crippen molar-refractivity contribution in [3.05, 3.63) is 23.8 Å². The summed E-state index contributed by atoms with van der Waals surface area (Å²) in [4.78, 5) is 0. The zero-order valence-corrected chi connectivity index (χ0v) is 13.5. The Bertz CT molecular complexity index is 465. The highest BCUT2D eigenvalue weighted by Crippen LogP contribution is 2.32. The van der Waals surface area contributed by atoms with Gasteiger partial charge in [0.05, 0.1) is 13.2 Å². The number of methoxy groups -OCH3 is 1. The van der Waals surface area contributed by atoms with E-state index in [1.807, 2.05) is 12.1 Å². The van der Waals surface area contributed by atoms with E-state index in [0.717, 1.165) is 37.5 Å². The highest BCUT2D eigenvalue weighted by molar-refractivity contribution is 5.46. The van der Waals surface area contributed by atoms with Gasteiger partial charge in [0.25, 0.3) is 0 Å². The molecule has 2 aliphatic rings. The van der Waals surface area contributed by atoms with Gasteiger partial charge in [-0.05, 0) is 31.7 Å². The van der Waals surface area contributed by atoms with Crippen LogP contribution in [0.4, 0.5) is 0 Å². The molecule has 1 aromatic rings. The van der Waals surface area contributed by atoms with Crippen LogP contribution in [-0.4, -0.2) is 32.5 Å². The number of ether oxygens (including phenoxy) is 3. The first-order valence-electron chi connectivity index (χ1n) is 8.50. The first-order valence-corrected chi connectivity index (χ1v) is 8.50. The van der Waals surface area contributed by atoms with Crippen molar-refractivity contribution in [1.29, 1.82) is 0 Å². The molecule has 2 fully saturated rings. The van der Waals surface area contributed by atoms with Crippen molar-refractivity contribution >= 4 is 0 Å². The quantitative estimate of drug-likeness (QED) is 0.839. The molecule has 3 rings (SSSR count). The third kappa shape index (κ3) is 3.93. The van der Waals surface area contributed by atoms with Gasteiger partial charge in [0, 0.05) is 24.8 Å². The molecule has 0 bridgehead atoms. The second-order valence-electron chi connectivity index (χ2n) is 6.26. The Kier molecular flexibility index (Phi) is 5.57. The predicted octanol–water partition coefficient (Wildman–Crippen LogP) is 3.29. The maximum atomic E-state index is 6.07. The molecule has 22 heavy (non-hydrogen) atoms. The molecule has 1 saturated heterocycles. The summed E-state index contributed by atoms with van der Waals surface area (Å²) in [7, 11) is 1.70. The third-order valence-electron chi connectivity index (χ3n) is 4.65. The Labute approximate surface area is 133 Å². The summed E-state index contributed by atoms with van der Waals surface area (Å²) in [6, 6.07) is 6.76. The van der Waals surface area contributed by atoms with Crippen LogP contribution < -0.4 is 14.8 Å². The fourth-order valence-electron chi connectivity index (χ4n) is 3.36. The number of para-hydroxylation sites is 1. The number of hydrogen-bond acceptors (Lipinski definition) is 4. The zero-order valence-electron chi connectivity index (χ0n) is 13.5. The lowest BCUT2D eigenvalue weighted by Crippen LogP contribution is -2.26. The molecule has 1 aliphatic heterocycles. The van der Waals surface area contributed by atoms with Crippen molar-refractivity contribution in [2.24, 2.45) is 0 Å². The normalized spacial score (nSPS) is 22.1. The van der Waals surface area contributed by atoms with Gasteiger partial charge < -0.3 is 19.5 Å². The molecule has 0 radical (unpaired) electrons. The van der Waals surface area contributed by atoms with Gasteiger partial charge in [0.15, 0.2) is 11.5 Å². The lowest BCUT2D eigenvalue weighted by Gasteiger charge is -2.19. The van der Waals surface area contributed by atoms with Gasteiger partial charge >= 0.3 is 0 Å². The summed E-state index contributed by atoms with van der Waals surface area (Å²) in [6.07, 6.45) is 7.71. The molecular formula is C18H27NO3. The van der Waals surface area contributed by atoms with E-state index in [1.54, 1.807) is 7.11 Å². The van der Waals surface area contributed by atoms with E-state index >= 15 is 0 Å². The SMILES string of the molecule is COc1cccc(CNC2CCCC2)c1OCC1CCCO1. The molecule has 1 unspecified atom stereocenters. The minimum absolute atomic E-state index is 0.223. The van der Waals surface area contributed by atoms with Crippen LogP contribution in [0.25, 0.3) is 0 Å². The summed E-state index contributed by atoms with van der Waals surface area (Å²) >= 11 is 0. The van der Waals surface area contributed by atoms with Crippen LogP contribution in [0.2, 0.25) is 0 Å². The molecule has 0 aromatic heterocycles. The molecule has 0 spiro atoms. The summed E-state index contributed by atoms with van der Waals surface area (Å²) in [6.45, 7) is 2.30. The van der Waals surface area contributed by atoms with E-state index in [0.29, 0.717) is 12.6 Å². The standard InChI is InChI=1S/C18H27NO3/c1-20-17-10-4-6-14(12-19-15-7-2-3-8-15)18(17)22-13-16-9-5-11-21-16/h4,6,10,15-16,19H,2-3,5,7-9,11-13H2,1H3. The molecule has 4 nitrogen and oxygen atoms in total. The summed E-state index contributed by atoms with van der Waals surface area (Å²) in [5, 5.41) is 3.65. The van der Waals surface area contributed by atoms with E-state index in [2.05, 4.69) is 11.4 Å². The molecule has 1 N–H and O–H groups in total. The van der Waals surface area contributed by atoms with Crippen molar-refractivity contribution < 1.29 is 14.2 Å². The predicted molar refractivity (Wildman–Crippen MR) is 86.6 cm³/mol. The van der Waals surface area contributed by atoms with Crippen molar-refractivity contribution in [3.8, 4) is 11.5 Å². The maximum absolute atomic E-state index is 6.07. The van der Waals surface area contributed by atoms with Crippen molar-refractivity contribution in [2.45, 2.75) is 57.2 Å². The highest BCUT2D eigenvalue weighted by Gasteiger charge is 2.19. The monoisotopic (exact) mass is 305 g/mol. The Morgan fingerprint density at radius 1 is 1.18 bits per heavy atom. The summed E-state index contributed by atoms with van der Waals surface area (Å²) in [5.74, 6) is 1.68. The van der Waals surface area contributed by atoms with Crippen LogP contribution in [0, 0.1) is 0 Å². The van der Waals surface area contributed by atoms with Gasteiger partial charge in [0.1, 0.15) is 6.61 Å². The third-order valence-corrected chi connectivity index (χ3v) is 4.65. The van der Waals surface area contributed by atoms with Crippen LogP contribution in [0.3, 0.4) is 0 Å². The number of rotatable bonds is 7. The fraction of sp³-hybridized carbons (Fsp3) is 0.667. The van der Waals surface area contributed by atoms with Crippen LogP contribution in [0.1, 0.15) is 44.1 Å². The van der Waals surface area contributed by atoms with Crippen LogP contribution >= 0.6 is 0 Å². The highest BCUT2D eigenvalue weighted by atomic mass is 16.5. The van der Waals surface area contributed by atoms with Gasteiger partial charge in [-0.1, -0.05) is 25.0 Å². The average molecular weight is 305 g/mol. The first kappa shape index (κ1) is 15.6. The molecule has 122 valence electrons. The van der Waals surface area contributed by atoms with Crippen molar-refractivity contribution in [2.75, 3.05) is 20.3 Å². The molecule has 1 aromatic carbocycles. The van der Waals surface area contributed by atoms with Gasteiger partial charge in [-0.2, -0.15) is 0 Å². The minimum Gasteiger partial charge on any atom is -0.493 e. The first-order chi connectivity index (χ1) is 10.9. The molecule has 4 heteroatoms. The van der Waals surface area contributed by atoms with E-state index in [1.165, 1.54) is 31.2 Å². The van der Waals surface area contributed by atoms with E-state index < -0.39 is 0 Å².